The van der Waals surface area contributed by atoms with E-state index in [0.717, 1.165) is 0 Å². The van der Waals surface area contributed by atoms with Gasteiger partial charge in [0.15, 0.2) is 0 Å². The summed E-state index contributed by atoms with van der Waals surface area (Å²) < 4.78 is 0. The molecule has 3 heteroatoms. The minimum absolute atomic E-state index is 0.0242. The number of hydrogen-bond acceptors (Lipinski definition) is 2. The van der Waals surface area contributed by atoms with Crippen molar-refractivity contribution in [1.82, 2.24) is 4.90 Å². The van der Waals surface area contributed by atoms with Crippen LogP contribution in [0.15, 0.2) is 12.2 Å². The minimum Gasteiger partial charge on any atom is -0.330 e. The second kappa shape index (κ2) is 3.73. The number of hydrogen-bond donors (Lipinski definition) is 0. The van der Waals surface area contributed by atoms with E-state index in [9.17, 15) is 9.59 Å². The molecule has 0 N–H and O–H groups in total. The molecule has 13 heavy (non-hydrogen) atoms. The van der Waals surface area contributed by atoms with Gasteiger partial charge in [0.1, 0.15) is 5.78 Å². The van der Waals surface area contributed by atoms with Gasteiger partial charge in [0.25, 0.3) is 0 Å². The molecule has 0 spiro atoms. The first-order chi connectivity index (χ1) is 6.02. The Labute approximate surface area is 78.4 Å². The van der Waals surface area contributed by atoms with Crippen molar-refractivity contribution >= 4 is 11.7 Å². The molecule has 1 aliphatic rings. The van der Waals surface area contributed by atoms with Gasteiger partial charge >= 0.3 is 0 Å². The molecule has 1 heterocycles. The molecule has 0 aromatic heterocycles. The third kappa shape index (κ3) is 2.17. The lowest BCUT2D eigenvalue weighted by Gasteiger charge is -2.26. The normalized spacial score (nSPS) is 26.5. The Kier molecular flexibility index (Phi) is 2.86. The van der Waals surface area contributed by atoms with Gasteiger partial charge in [0.2, 0.25) is 5.91 Å². The molecular weight excluding hydrogens is 166 g/mol. The van der Waals surface area contributed by atoms with Crippen LogP contribution in [0.3, 0.4) is 0 Å². The predicted molar refractivity (Wildman–Crippen MR) is 50.2 cm³/mol. The molecule has 2 unspecified atom stereocenters. The summed E-state index contributed by atoms with van der Waals surface area (Å²) in [4.78, 5) is 24.0. The van der Waals surface area contributed by atoms with E-state index < -0.39 is 0 Å². The van der Waals surface area contributed by atoms with E-state index in [4.69, 9.17) is 0 Å². The Morgan fingerprint density at radius 1 is 1.23 bits per heavy atom. The summed E-state index contributed by atoms with van der Waals surface area (Å²) in [6, 6.07) is 0.253. The van der Waals surface area contributed by atoms with Gasteiger partial charge in [-0.1, -0.05) is 12.2 Å². The van der Waals surface area contributed by atoms with Crippen molar-refractivity contribution in [2.75, 3.05) is 0 Å². The topological polar surface area (TPSA) is 37.4 Å². The van der Waals surface area contributed by atoms with Crippen molar-refractivity contribution in [3.8, 4) is 0 Å². The maximum Gasteiger partial charge on any atom is 0.230 e. The molecule has 0 bridgehead atoms. The molecule has 0 saturated heterocycles. The van der Waals surface area contributed by atoms with E-state index in [1.807, 2.05) is 26.0 Å². The van der Waals surface area contributed by atoms with Gasteiger partial charge in [-0.05, 0) is 20.8 Å². The van der Waals surface area contributed by atoms with Crippen LogP contribution in [0, 0.1) is 0 Å². The number of carbonyl (C=O) groups is 2. The van der Waals surface area contributed by atoms with Crippen molar-refractivity contribution in [2.45, 2.75) is 39.3 Å². The first kappa shape index (κ1) is 9.96. The summed E-state index contributed by atoms with van der Waals surface area (Å²) in [6.07, 6.45) is 4.00. The number of carbonyl (C=O) groups excluding carboxylic acids is 2. The summed E-state index contributed by atoms with van der Waals surface area (Å²) >= 11 is 0. The van der Waals surface area contributed by atoms with Crippen molar-refractivity contribution in [3.05, 3.63) is 12.2 Å². The van der Waals surface area contributed by atoms with Gasteiger partial charge in [-0.3, -0.25) is 9.59 Å². The number of nitrogens with zero attached hydrogens (tertiary/aromatic N) is 1. The fraction of sp³-hybridized carbons (Fsp3) is 0.600. The average Bonchev–Trinajstić information content (AvgIpc) is 2.29. The summed E-state index contributed by atoms with van der Waals surface area (Å²) in [7, 11) is 0. The molecule has 72 valence electrons. The second-order valence-corrected chi connectivity index (χ2v) is 3.55. The maximum absolute atomic E-state index is 11.5. The summed E-state index contributed by atoms with van der Waals surface area (Å²) in [5, 5.41) is 0. The third-order valence-corrected chi connectivity index (χ3v) is 2.23. The molecule has 2 atom stereocenters. The van der Waals surface area contributed by atoms with E-state index in [1.54, 1.807) is 4.90 Å². The lowest BCUT2D eigenvalue weighted by atomic mass is 10.2. The Bertz CT molecular complexity index is 246. The molecule has 1 rings (SSSR count). The van der Waals surface area contributed by atoms with E-state index in [1.165, 1.54) is 6.92 Å². The summed E-state index contributed by atoms with van der Waals surface area (Å²) in [6.45, 7) is 5.35. The van der Waals surface area contributed by atoms with Crippen molar-refractivity contribution < 1.29 is 9.59 Å². The number of ketones is 1. The molecule has 0 aromatic rings. The highest BCUT2D eigenvalue weighted by Crippen LogP contribution is 2.17. The molecule has 1 amide bonds. The third-order valence-electron chi connectivity index (χ3n) is 2.23. The van der Waals surface area contributed by atoms with Crippen molar-refractivity contribution in [1.29, 1.82) is 0 Å². The van der Waals surface area contributed by atoms with Crippen molar-refractivity contribution in [2.24, 2.45) is 0 Å². The zero-order valence-corrected chi connectivity index (χ0v) is 8.28. The highest BCUT2D eigenvalue weighted by atomic mass is 16.2. The highest BCUT2D eigenvalue weighted by Gasteiger charge is 2.27. The van der Waals surface area contributed by atoms with Crippen LogP contribution >= 0.6 is 0 Å². The van der Waals surface area contributed by atoms with E-state index in [0.29, 0.717) is 0 Å². The lowest BCUT2D eigenvalue weighted by Crippen LogP contribution is -2.39. The highest BCUT2D eigenvalue weighted by molar-refractivity contribution is 5.97. The van der Waals surface area contributed by atoms with Gasteiger partial charge in [-0.25, -0.2) is 0 Å². The van der Waals surface area contributed by atoms with E-state index in [2.05, 4.69) is 0 Å². The van der Waals surface area contributed by atoms with Crippen LogP contribution in [0.25, 0.3) is 0 Å². The molecule has 0 aromatic carbocycles. The monoisotopic (exact) mass is 181 g/mol. The fourth-order valence-corrected chi connectivity index (χ4v) is 1.64. The van der Waals surface area contributed by atoms with Crippen LogP contribution in [0.2, 0.25) is 0 Å². The quantitative estimate of drug-likeness (QED) is 0.473. The molecule has 0 saturated carbocycles. The van der Waals surface area contributed by atoms with Crippen LogP contribution in [-0.4, -0.2) is 28.7 Å². The fourth-order valence-electron chi connectivity index (χ4n) is 1.64. The summed E-state index contributed by atoms with van der Waals surface area (Å²) in [5.41, 5.74) is 0. The second-order valence-electron chi connectivity index (χ2n) is 3.55. The van der Waals surface area contributed by atoms with Gasteiger partial charge in [-0.2, -0.15) is 0 Å². The summed E-state index contributed by atoms with van der Waals surface area (Å²) in [5.74, 6) is -0.145. The Morgan fingerprint density at radius 2 is 1.69 bits per heavy atom. The Hall–Kier alpha value is -1.12. The van der Waals surface area contributed by atoms with Crippen molar-refractivity contribution in [3.63, 3.8) is 0 Å². The standard InChI is InChI=1S/C10H15NO2/c1-7-4-5-8(2)11(7)10(13)6-9(3)12/h4-5,7-8H,6H2,1-3H3. The Morgan fingerprint density at radius 3 is 2.08 bits per heavy atom. The minimum atomic E-state index is -0.0729. The molecule has 1 aliphatic heterocycles. The first-order valence-electron chi connectivity index (χ1n) is 4.51. The maximum atomic E-state index is 11.5. The molecule has 0 radical (unpaired) electrons. The van der Waals surface area contributed by atoms with Crippen LogP contribution in [0.1, 0.15) is 27.2 Å². The zero-order valence-electron chi connectivity index (χ0n) is 8.28. The first-order valence-corrected chi connectivity index (χ1v) is 4.51. The van der Waals surface area contributed by atoms with Crippen LogP contribution in [-0.2, 0) is 9.59 Å². The van der Waals surface area contributed by atoms with E-state index in [-0.39, 0.29) is 30.2 Å². The number of rotatable bonds is 2. The number of amides is 1. The van der Waals surface area contributed by atoms with Gasteiger partial charge < -0.3 is 4.90 Å². The lowest BCUT2D eigenvalue weighted by molar-refractivity contribution is -0.136. The van der Waals surface area contributed by atoms with E-state index >= 15 is 0 Å². The molecule has 0 fully saturated rings. The smallest absolute Gasteiger partial charge is 0.230 e. The van der Waals surface area contributed by atoms with Crippen LogP contribution < -0.4 is 0 Å². The predicted octanol–water partition coefficient (Wildman–Crippen LogP) is 1.14. The van der Waals surface area contributed by atoms with Gasteiger partial charge in [0, 0.05) is 12.1 Å². The SMILES string of the molecule is CC(=O)CC(=O)N1C(C)C=CC1C. The largest absolute Gasteiger partial charge is 0.330 e. The zero-order chi connectivity index (χ0) is 10.0. The van der Waals surface area contributed by atoms with Crippen LogP contribution in [0.4, 0.5) is 0 Å². The van der Waals surface area contributed by atoms with Gasteiger partial charge in [-0.15, -0.1) is 0 Å². The average molecular weight is 181 g/mol. The van der Waals surface area contributed by atoms with Gasteiger partial charge in [0.05, 0.1) is 6.42 Å². The number of Topliss-reactive ketones (excluding diaryl/α,β-unsaturated/α-hetero) is 1. The molecule has 0 aliphatic carbocycles. The molecule has 3 nitrogen and oxygen atoms in total. The molecular formula is C10H15NO2. The van der Waals surface area contributed by atoms with Crippen LogP contribution in [0.5, 0.6) is 0 Å². The Balaban J connectivity index is 2.61.